The molecule has 0 fully saturated rings. The first-order valence-corrected chi connectivity index (χ1v) is 5.74. The minimum atomic E-state index is -0.359. The van der Waals surface area contributed by atoms with Gasteiger partial charge in [0.25, 0.3) is 0 Å². The minimum Gasteiger partial charge on any atom is -0.492 e. The van der Waals surface area contributed by atoms with Crippen molar-refractivity contribution in [3.63, 3.8) is 0 Å². The van der Waals surface area contributed by atoms with Crippen LogP contribution in [0.4, 0.5) is 0 Å². The van der Waals surface area contributed by atoms with Crippen molar-refractivity contribution in [1.29, 1.82) is 0 Å². The van der Waals surface area contributed by atoms with E-state index in [1.54, 1.807) is 6.92 Å². The fourth-order valence-corrected chi connectivity index (χ4v) is 1.50. The molecule has 4 heteroatoms. The van der Waals surface area contributed by atoms with Gasteiger partial charge in [-0.05, 0) is 31.5 Å². The van der Waals surface area contributed by atoms with Crippen LogP contribution in [0.2, 0.25) is 5.02 Å². The summed E-state index contributed by atoms with van der Waals surface area (Å²) in [6.07, 6.45) is 0.230. The molecule has 0 aromatic heterocycles. The van der Waals surface area contributed by atoms with Crippen molar-refractivity contribution in [3.05, 3.63) is 28.8 Å². The lowest BCUT2D eigenvalue weighted by Crippen LogP contribution is -2.08. The van der Waals surface area contributed by atoms with Gasteiger partial charge in [0.15, 0.2) is 0 Å². The maximum atomic E-state index is 9.09. The van der Waals surface area contributed by atoms with Crippen LogP contribution >= 0.6 is 11.6 Å². The van der Waals surface area contributed by atoms with E-state index in [1.165, 1.54) is 0 Å². The first-order chi connectivity index (χ1) is 7.50. The van der Waals surface area contributed by atoms with Crippen LogP contribution in [0, 0.1) is 0 Å². The van der Waals surface area contributed by atoms with Crippen molar-refractivity contribution in [2.45, 2.75) is 32.4 Å². The average molecular weight is 244 g/mol. The molecule has 0 heterocycles. The molecule has 3 N–H and O–H groups in total. The lowest BCUT2D eigenvalue weighted by molar-refractivity contribution is 0.155. The number of halogens is 1. The Balaban J connectivity index is 2.61. The fraction of sp³-hybridized carbons (Fsp3) is 0.500. The highest BCUT2D eigenvalue weighted by atomic mass is 35.5. The monoisotopic (exact) mass is 243 g/mol. The summed E-state index contributed by atoms with van der Waals surface area (Å²) in [5.41, 5.74) is 6.72. The Labute approximate surface area is 101 Å². The van der Waals surface area contributed by atoms with E-state index in [1.807, 2.05) is 25.1 Å². The molecule has 16 heavy (non-hydrogen) atoms. The van der Waals surface area contributed by atoms with Crippen LogP contribution in [0.15, 0.2) is 18.2 Å². The Bertz CT molecular complexity index is 340. The number of nitrogens with two attached hydrogens (primary N) is 1. The Morgan fingerprint density at radius 3 is 2.62 bits per heavy atom. The van der Waals surface area contributed by atoms with E-state index >= 15 is 0 Å². The van der Waals surface area contributed by atoms with Gasteiger partial charge in [0.2, 0.25) is 0 Å². The summed E-state index contributed by atoms with van der Waals surface area (Å²) in [5, 5.41) is 9.64. The summed E-state index contributed by atoms with van der Waals surface area (Å²) < 4.78 is 5.45. The first kappa shape index (κ1) is 13.3. The zero-order chi connectivity index (χ0) is 12.1. The van der Waals surface area contributed by atoms with Crippen LogP contribution in [-0.4, -0.2) is 17.8 Å². The molecule has 2 atom stereocenters. The first-order valence-electron chi connectivity index (χ1n) is 5.36. The molecule has 0 bridgehead atoms. The van der Waals surface area contributed by atoms with Gasteiger partial charge < -0.3 is 15.6 Å². The molecule has 1 aromatic rings. The smallest absolute Gasteiger partial charge is 0.137 e. The summed E-state index contributed by atoms with van der Waals surface area (Å²) >= 11 is 6.05. The van der Waals surface area contributed by atoms with Crippen LogP contribution < -0.4 is 10.5 Å². The predicted octanol–water partition coefficient (Wildman–Crippen LogP) is 2.51. The van der Waals surface area contributed by atoms with E-state index in [-0.39, 0.29) is 12.1 Å². The largest absolute Gasteiger partial charge is 0.492 e. The number of benzene rings is 1. The van der Waals surface area contributed by atoms with E-state index in [4.69, 9.17) is 27.2 Å². The third-order valence-corrected chi connectivity index (χ3v) is 2.57. The molecule has 0 spiro atoms. The quantitative estimate of drug-likeness (QED) is 0.836. The number of aliphatic hydroxyl groups excluding tert-OH is 1. The highest BCUT2D eigenvalue weighted by molar-refractivity contribution is 6.32. The molecule has 1 aromatic carbocycles. The molecule has 0 radical (unpaired) electrons. The van der Waals surface area contributed by atoms with Gasteiger partial charge in [-0.3, -0.25) is 0 Å². The summed E-state index contributed by atoms with van der Waals surface area (Å²) in [6, 6.07) is 5.48. The minimum absolute atomic E-state index is 0.0379. The number of ether oxygens (including phenoxy) is 1. The van der Waals surface area contributed by atoms with E-state index in [0.717, 1.165) is 5.56 Å². The zero-order valence-corrected chi connectivity index (χ0v) is 10.4. The van der Waals surface area contributed by atoms with Gasteiger partial charge in [0.05, 0.1) is 17.7 Å². The highest BCUT2D eigenvalue weighted by Crippen LogP contribution is 2.27. The van der Waals surface area contributed by atoms with Gasteiger partial charge in [0.1, 0.15) is 5.75 Å². The van der Waals surface area contributed by atoms with Crippen LogP contribution in [0.25, 0.3) is 0 Å². The summed E-state index contributed by atoms with van der Waals surface area (Å²) in [4.78, 5) is 0. The zero-order valence-electron chi connectivity index (χ0n) is 9.61. The molecular weight excluding hydrogens is 226 g/mol. The van der Waals surface area contributed by atoms with Gasteiger partial charge in [-0.2, -0.15) is 0 Å². The number of rotatable bonds is 5. The van der Waals surface area contributed by atoms with Gasteiger partial charge in [0, 0.05) is 12.5 Å². The van der Waals surface area contributed by atoms with Gasteiger partial charge in [-0.1, -0.05) is 17.7 Å². The number of hydrogen-bond acceptors (Lipinski definition) is 3. The van der Waals surface area contributed by atoms with Gasteiger partial charge >= 0.3 is 0 Å². The van der Waals surface area contributed by atoms with E-state index in [0.29, 0.717) is 23.8 Å². The van der Waals surface area contributed by atoms with E-state index in [2.05, 4.69) is 0 Å². The molecule has 1 rings (SSSR count). The maximum absolute atomic E-state index is 9.09. The van der Waals surface area contributed by atoms with Crippen molar-refractivity contribution in [3.8, 4) is 5.75 Å². The average Bonchev–Trinajstić information content (AvgIpc) is 2.19. The molecular formula is C12H18ClNO2. The number of hydrogen-bond donors (Lipinski definition) is 2. The SMILES string of the molecule is CC(O)CCOc1ccc([C@H](C)N)cc1Cl. The Hall–Kier alpha value is -0.770. The topological polar surface area (TPSA) is 55.5 Å². The standard InChI is InChI=1S/C12H18ClNO2/c1-8(15)5-6-16-12-4-3-10(9(2)14)7-11(12)13/h3-4,7-9,15H,5-6,14H2,1-2H3/t8?,9-/m0/s1. The molecule has 0 saturated heterocycles. The third-order valence-electron chi connectivity index (χ3n) is 2.27. The molecule has 1 unspecified atom stereocenters. The molecule has 0 aliphatic carbocycles. The van der Waals surface area contributed by atoms with Crippen molar-refractivity contribution >= 4 is 11.6 Å². The summed E-state index contributed by atoms with van der Waals surface area (Å²) in [5.74, 6) is 0.631. The molecule has 90 valence electrons. The second kappa shape index (κ2) is 6.09. The van der Waals surface area contributed by atoms with Gasteiger partial charge in [-0.25, -0.2) is 0 Å². The second-order valence-corrected chi connectivity index (χ2v) is 4.37. The van der Waals surface area contributed by atoms with Gasteiger partial charge in [-0.15, -0.1) is 0 Å². The second-order valence-electron chi connectivity index (χ2n) is 3.96. The Kier molecular flexibility index (Phi) is 5.06. The van der Waals surface area contributed by atoms with Crippen molar-refractivity contribution in [1.82, 2.24) is 0 Å². The van der Waals surface area contributed by atoms with Crippen LogP contribution in [0.5, 0.6) is 5.75 Å². The van der Waals surface area contributed by atoms with Crippen LogP contribution in [0.1, 0.15) is 31.9 Å². The molecule has 0 aliphatic rings. The van der Waals surface area contributed by atoms with Crippen molar-refractivity contribution in [2.75, 3.05) is 6.61 Å². The molecule has 0 aliphatic heterocycles. The van der Waals surface area contributed by atoms with E-state index in [9.17, 15) is 0 Å². The predicted molar refractivity (Wildman–Crippen MR) is 65.8 cm³/mol. The van der Waals surface area contributed by atoms with Crippen molar-refractivity contribution < 1.29 is 9.84 Å². The fourth-order valence-electron chi connectivity index (χ4n) is 1.26. The molecule has 3 nitrogen and oxygen atoms in total. The lowest BCUT2D eigenvalue weighted by Gasteiger charge is -2.11. The molecule has 0 saturated carbocycles. The lowest BCUT2D eigenvalue weighted by atomic mass is 10.1. The summed E-state index contributed by atoms with van der Waals surface area (Å²) in [7, 11) is 0. The number of aliphatic hydroxyl groups is 1. The molecule has 0 amide bonds. The Morgan fingerprint density at radius 2 is 2.12 bits per heavy atom. The Morgan fingerprint density at radius 1 is 1.44 bits per heavy atom. The normalized spacial score (nSPS) is 14.6. The highest BCUT2D eigenvalue weighted by Gasteiger charge is 2.06. The van der Waals surface area contributed by atoms with Crippen LogP contribution in [0.3, 0.4) is 0 Å². The van der Waals surface area contributed by atoms with Crippen LogP contribution in [-0.2, 0) is 0 Å². The maximum Gasteiger partial charge on any atom is 0.137 e. The summed E-state index contributed by atoms with van der Waals surface area (Å²) in [6.45, 7) is 4.08. The van der Waals surface area contributed by atoms with Crippen molar-refractivity contribution in [2.24, 2.45) is 5.73 Å². The third kappa shape index (κ3) is 4.00. The van der Waals surface area contributed by atoms with E-state index < -0.39 is 0 Å².